The second-order valence-corrected chi connectivity index (χ2v) is 5.30. The topological polar surface area (TPSA) is 78.5 Å². The number of carbonyl (C=O) groups is 2. The largest absolute Gasteiger partial charge is 0.550 e. The fraction of sp³-hybridized carbons (Fsp3) is 0.429. The number of hydrogen-bond donors (Lipinski definition) is 1. The van der Waals surface area contributed by atoms with Crippen molar-refractivity contribution in [1.82, 2.24) is 5.32 Å². The summed E-state index contributed by atoms with van der Waals surface area (Å²) >= 11 is 0. The Morgan fingerprint density at radius 2 is 1.95 bits per heavy atom. The zero-order valence-electron chi connectivity index (χ0n) is 11.6. The van der Waals surface area contributed by atoms with Gasteiger partial charge >= 0.3 is 6.09 Å². The zero-order chi connectivity index (χ0) is 15.3. The summed E-state index contributed by atoms with van der Waals surface area (Å²) in [6.07, 6.45) is -1.35. The lowest BCUT2D eigenvalue weighted by Crippen LogP contribution is -2.38. The summed E-state index contributed by atoms with van der Waals surface area (Å²) in [5.74, 6) is -2.00. The lowest BCUT2D eigenvalue weighted by molar-refractivity contribution is -0.306. The molecule has 5 nitrogen and oxygen atoms in total. The summed E-state index contributed by atoms with van der Waals surface area (Å²) < 4.78 is 18.7. The Hall–Kier alpha value is -2.11. The molecule has 0 aliphatic rings. The van der Waals surface area contributed by atoms with Crippen molar-refractivity contribution in [2.75, 3.05) is 0 Å². The molecule has 0 radical (unpaired) electrons. The molecule has 0 unspecified atom stereocenters. The Labute approximate surface area is 116 Å². The molecule has 0 aromatic heterocycles. The first kappa shape index (κ1) is 15.9. The molecular formula is C14H17FNO4-. The van der Waals surface area contributed by atoms with E-state index in [2.05, 4.69) is 5.32 Å². The minimum Gasteiger partial charge on any atom is -0.550 e. The molecule has 0 aliphatic heterocycles. The van der Waals surface area contributed by atoms with E-state index in [1.165, 1.54) is 18.2 Å². The van der Waals surface area contributed by atoms with Crippen molar-refractivity contribution < 1.29 is 23.8 Å². The van der Waals surface area contributed by atoms with Crippen molar-refractivity contribution in [3.63, 3.8) is 0 Å². The number of amides is 1. The van der Waals surface area contributed by atoms with Crippen LogP contribution >= 0.6 is 0 Å². The van der Waals surface area contributed by atoms with Gasteiger partial charge in [0.05, 0.1) is 6.04 Å². The molecule has 0 spiro atoms. The van der Waals surface area contributed by atoms with Crippen LogP contribution < -0.4 is 10.4 Å². The predicted octanol–water partition coefficient (Wildman–Crippen LogP) is 1.53. The summed E-state index contributed by atoms with van der Waals surface area (Å²) in [4.78, 5) is 22.4. The van der Waals surface area contributed by atoms with E-state index in [1.807, 2.05) is 0 Å². The van der Waals surface area contributed by atoms with Crippen LogP contribution in [-0.4, -0.2) is 17.7 Å². The molecule has 1 atom stereocenters. The Balaban J connectivity index is 2.88. The highest BCUT2D eigenvalue weighted by Crippen LogP contribution is 2.20. The first-order valence-corrected chi connectivity index (χ1v) is 6.13. The number of ether oxygens (including phenoxy) is 1. The monoisotopic (exact) mass is 282 g/mol. The molecule has 1 amide bonds. The van der Waals surface area contributed by atoms with Gasteiger partial charge in [0.2, 0.25) is 0 Å². The van der Waals surface area contributed by atoms with E-state index in [1.54, 1.807) is 26.8 Å². The molecule has 110 valence electrons. The highest BCUT2D eigenvalue weighted by molar-refractivity contribution is 5.71. The van der Waals surface area contributed by atoms with Crippen molar-refractivity contribution in [3.8, 4) is 0 Å². The second kappa shape index (κ2) is 6.36. The maximum absolute atomic E-state index is 13.7. The molecular weight excluding hydrogens is 265 g/mol. The van der Waals surface area contributed by atoms with Gasteiger partial charge in [-0.25, -0.2) is 9.18 Å². The third-order valence-corrected chi connectivity index (χ3v) is 2.34. The molecule has 1 aromatic rings. The van der Waals surface area contributed by atoms with Gasteiger partial charge < -0.3 is 20.0 Å². The average molecular weight is 282 g/mol. The number of benzene rings is 1. The first-order chi connectivity index (χ1) is 9.19. The van der Waals surface area contributed by atoms with Gasteiger partial charge in [-0.3, -0.25) is 0 Å². The van der Waals surface area contributed by atoms with Gasteiger partial charge in [0.1, 0.15) is 11.4 Å². The molecule has 6 heteroatoms. The molecule has 0 fully saturated rings. The van der Waals surface area contributed by atoms with Crippen LogP contribution in [0.3, 0.4) is 0 Å². The summed E-state index contributed by atoms with van der Waals surface area (Å²) in [5, 5.41) is 13.1. The normalized spacial score (nSPS) is 12.6. The first-order valence-electron chi connectivity index (χ1n) is 6.13. The van der Waals surface area contributed by atoms with Gasteiger partial charge in [0.25, 0.3) is 0 Å². The van der Waals surface area contributed by atoms with E-state index in [0.717, 1.165) is 0 Å². The molecule has 0 saturated carbocycles. The van der Waals surface area contributed by atoms with Gasteiger partial charge in [-0.05, 0) is 26.8 Å². The summed E-state index contributed by atoms with van der Waals surface area (Å²) in [6.45, 7) is 5.01. The number of carbonyl (C=O) groups excluding carboxylic acids is 2. The minimum absolute atomic E-state index is 0.0718. The maximum atomic E-state index is 13.7. The maximum Gasteiger partial charge on any atom is 0.408 e. The number of carboxylic acid groups (broad SMARTS) is 1. The van der Waals surface area contributed by atoms with E-state index in [0.29, 0.717) is 0 Å². The quantitative estimate of drug-likeness (QED) is 0.908. The van der Waals surface area contributed by atoms with E-state index in [9.17, 15) is 19.1 Å². The molecule has 1 N–H and O–H groups in total. The Morgan fingerprint density at radius 3 is 2.45 bits per heavy atom. The number of rotatable bonds is 4. The number of alkyl carbamates (subject to hydrolysis) is 1. The van der Waals surface area contributed by atoms with E-state index in [-0.39, 0.29) is 5.56 Å². The van der Waals surface area contributed by atoms with E-state index >= 15 is 0 Å². The van der Waals surface area contributed by atoms with Crippen LogP contribution in [0.5, 0.6) is 0 Å². The highest BCUT2D eigenvalue weighted by Gasteiger charge is 2.22. The molecule has 0 saturated heterocycles. The van der Waals surface area contributed by atoms with Crippen LogP contribution in [0.1, 0.15) is 38.8 Å². The van der Waals surface area contributed by atoms with Crippen LogP contribution in [-0.2, 0) is 9.53 Å². The average Bonchev–Trinajstić information content (AvgIpc) is 2.25. The van der Waals surface area contributed by atoms with E-state index < -0.39 is 35.9 Å². The molecule has 0 bridgehead atoms. The van der Waals surface area contributed by atoms with Gasteiger partial charge in [-0.15, -0.1) is 0 Å². The smallest absolute Gasteiger partial charge is 0.408 e. The molecule has 1 rings (SSSR count). The highest BCUT2D eigenvalue weighted by atomic mass is 19.1. The Morgan fingerprint density at radius 1 is 1.35 bits per heavy atom. The summed E-state index contributed by atoms with van der Waals surface area (Å²) in [6, 6.07) is 4.57. The summed E-state index contributed by atoms with van der Waals surface area (Å²) in [5.41, 5.74) is -0.659. The third kappa shape index (κ3) is 5.26. The number of carboxylic acids is 1. The second-order valence-electron chi connectivity index (χ2n) is 5.30. The van der Waals surface area contributed by atoms with E-state index in [4.69, 9.17) is 4.74 Å². The number of nitrogens with one attached hydrogen (secondary N) is 1. The Kier molecular flexibility index (Phi) is 5.07. The molecule has 0 aliphatic carbocycles. The Bertz CT molecular complexity index is 496. The van der Waals surface area contributed by atoms with Gasteiger partial charge in [0, 0.05) is 18.0 Å². The van der Waals surface area contributed by atoms with Crippen LogP contribution in [0.25, 0.3) is 0 Å². The number of hydrogen-bond acceptors (Lipinski definition) is 4. The van der Waals surface area contributed by atoms with Gasteiger partial charge in [-0.2, -0.15) is 0 Å². The lowest BCUT2D eigenvalue weighted by atomic mass is 10.0. The fourth-order valence-corrected chi connectivity index (χ4v) is 1.61. The van der Waals surface area contributed by atoms with Crippen molar-refractivity contribution in [2.45, 2.75) is 38.8 Å². The SMILES string of the molecule is CC(C)(C)OC(=O)N[C@@H](CC(=O)[O-])c1ccccc1F. The third-order valence-electron chi connectivity index (χ3n) is 2.34. The van der Waals surface area contributed by atoms with Crippen LogP contribution in [0.4, 0.5) is 9.18 Å². The standard InChI is InChI=1S/C14H18FNO4/c1-14(2,3)20-13(19)16-11(8-12(17)18)9-6-4-5-7-10(9)15/h4-7,11H,8H2,1-3H3,(H,16,19)(H,17,18)/p-1/t11-/m0/s1. The molecule has 0 heterocycles. The van der Waals surface area contributed by atoms with Crippen molar-refractivity contribution in [2.24, 2.45) is 0 Å². The van der Waals surface area contributed by atoms with Crippen molar-refractivity contribution in [3.05, 3.63) is 35.6 Å². The number of aliphatic carboxylic acids is 1. The zero-order valence-corrected chi connectivity index (χ0v) is 11.6. The van der Waals surface area contributed by atoms with Gasteiger partial charge in [0.15, 0.2) is 0 Å². The predicted molar refractivity (Wildman–Crippen MR) is 68.1 cm³/mol. The minimum atomic E-state index is -1.39. The fourth-order valence-electron chi connectivity index (χ4n) is 1.61. The summed E-state index contributed by atoms with van der Waals surface area (Å²) in [7, 11) is 0. The van der Waals surface area contributed by atoms with Crippen molar-refractivity contribution in [1.29, 1.82) is 0 Å². The van der Waals surface area contributed by atoms with Crippen LogP contribution in [0, 0.1) is 5.82 Å². The van der Waals surface area contributed by atoms with Gasteiger partial charge in [-0.1, -0.05) is 18.2 Å². The lowest BCUT2D eigenvalue weighted by Gasteiger charge is -2.24. The van der Waals surface area contributed by atoms with Crippen LogP contribution in [0.15, 0.2) is 24.3 Å². The van der Waals surface area contributed by atoms with Crippen LogP contribution in [0.2, 0.25) is 0 Å². The number of halogens is 1. The molecule has 1 aromatic carbocycles. The molecule has 20 heavy (non-hydrogen) atoms. The van der Waals surface area contributed by atoms with Crippen molar-refractivity contribution >= 4 is 12.1 Å².